The van der Waals surface area contributed by atoms with Gasteiger partial charge in [0.05, 0.1) is 11.7 Å². The predicted octanol–water partition coefficient (Wildman–Crippen LogP) is 2.73. The van der Waals surface area contributed by atoms with E-state index in [2.05, 4.69) is 26.9 Å². The molecule has 0 radical (unpaired) electrons. The van der Waals surface area contributed by atoms with Crippen molar-refractivity contribution in [3.63, 3.8) is 0 Å². The molecule has 0 atom stereocenters. The average molecular weight is 329 g/mol. The van der Waals surface area contributed by atoms with Crippen LogP contribution in [-0.2, 0) is 11.3 Å². The van der Waals surface area contributed by atoms with E-state index in [1.807, 2.05) is 60.7 Å². The number of fused-ring (bicyclic) bond motifs is 2. The Balaban J connectivity index is 1.43. The zero-order chi connectivity index (χ0) is 17.1. The molecule has 0 fully saturated rings. The first-order valence-corrected chi connectivity index (χ1v) is 7.88. The second kappa shape index (κ2) is 6.52. The van der Waals surface area contributed by atoms with Crippen LogP contribution in [0.4, 0.5) is 0 Å². The van der Waals surface area contributed by atoms with Crippen LogP contribution in [0.25, 0.3) is 21.8 Å². The highest BCUT2D eigenvalue weighted by Gasteiger charge is 2.07. The summed E-state index contributed by atoms with van der Waals surface area (Å²) >= 11 is 0. The van der Waals surface area contributed by atoms with Gasteiger partial charge in [0.25, 0.3) is 5.91 Å². The lowest BCUT2D eigenvalue weighted by atomic mass is 10.1. The summed E-state index contributed by atoms with van der Waals surface area (Å²) in [6.45, 7) is 0.0651. The molecule has 0 saturated heterocycles. The summed E-state index contributed by atoms with van der Waals surface area (Å²) in [4.78, 5) is 12.0. The number of hydrogen-bond donors (Lipinski definition) is 1. The van der Waals surface area contributed by atoms with Crippen LogP contribution in [-0.4, -0.2) is 27.1 Å². The van der Waals surface area contributed by atoms with Gasteiger partial charge in [0.2, 0.25) is 0 Å². The van der Waals surface area contributed by atoms with Gasteiger partial charge in [-0.15, -0.1) is 5.10 Å². The Bertz CT molecular complexity index is 1080. The van der Waals surface area contributed by atoms with E-state index in [0.29, 0.717) is 0 Å². The van der Waals surface area contributed by atoms with Crippen molar-refractivity contribution in [3.05, 3.63) is 72.3 Å². The van der Waals surface area contributed by atoms with E-state index >= 15 is 0 Å². The fourth-order valence-corrected chi connectivity index (χ4v) is 2.67. The maximum atomic E-state index is 12.0. The van der Waals surface area contributed by atoms with E-state index in [1.54, 1.807) is 10.9 Å². The number of nitrogens with zero attached hydrogens (tertiary/aromatic N) is 4. The van der Waals surface area contributed by atoms with Crippen molar-refractivity contribution in [2.75, 3.05) is 0 Å². The Morgan fingerprint density at radius 3 is 2.76 bits per heavy atom. The molecule has 0 spiro atoms. The summed E-state index contributed by atoms with van der Waals surface area (Å²) in [5.74, 6) is -0.257. The zero-order valence-electron chi connectivity index (χ0n) is 13.3. The second-order valence-corrected chi connectivity index (χ2v) is 5.64. The molecule has 0 unspecified atom stereocenters. The first-order valence-electron chi connectivity index (χ1n) is 7.88. The molecule has 0 aliphatic heterocycles. The van der Waals surface area contributed by atoms with Crippen LogP contribution in [0.15, 0.2) is 71.8 Å². The van der Waals surface area contributed by atoms with Crippen molar-refractivity contribution < 1.29 is 4.79 Å². The van der Waals surface area contributed by atoms with Crippen LogP contribution in [0.5, 0.6) is 0 Å². The number of benzene rings is 3. The first kappa shape index (κ1) is 15.0. The fraction of sp³-hybridized carbons (Fsp3) is 0.0526. The number of rotatable bonds is 4. The smallest absolute Gasteiger partial charge is 0.261 e. The van der Waals surface area contributed by atoms with Gasteiger partial charge in [-0.1, -0.05) is 53.7 Å². The van der Waals surface area contributed by atoms with E-state index in [0.717, 1.165) is 22.0 Å². The number of amides is 1. The average Bonchev–Trinajstić information content (AvgIpc) is 3.05. The van der Waals surface area contributed by atoms with Crippen LogP contribution in [0.2, 0.25) is 0 Å². The third kappa shape index (κ3) is 3.23. The number of nitrogens with one attached hydrogen (secondary N) is 1. The summed E-state index contributed by atoms with van der Waals surface area (Å²) in [5.41, 5.74) is 5.02. The van der Waals surface area contributed by atoms with Gasteiger partial charge in [0, 0.05) is 0 Å². The van der Waals surface area contributed by atoms with Crippen LogP contribution in [0.1, 0.15) is 5.56 Å². The van der Waals surface area contributed by atoms with Crippen molar-refractivity contribution in [3.8, 4) is 0 Å². The number of carbonyl (C=O) groups excluding carboxylic acids is 1. The highest BCUT2D eigenvalue weighted by atomic mass is 16.2. The minimum Gasteiger partial charge on any atom is -0.271 e. The standard InChI is InChI=1S/C19H15N5O/c25-19(13-24-18-8-4-3-7-17(18)21-23-24)22-20-12-14-9-10-15-5-1-2-6-16(15)11-14/h1-12H,13H2,(H,22,25)/b20-12-. The van der Waals surface area contributed by atoms with Gasteiger partial charge in [0.1, 0.15) is 12.1 Å². The second-order valence-electron chi connectivity index (χ2n) is 5.64. The summed E-state index contributed by atoms with van der Waals surface area (Å²) in [5, 5.41) is 14.3. The Morgan fingerprint density at radius 2 is 1.84 bits per heavy atom. The molecule has 1 aromatic heterocycles. The molecule has 1 amide bonds. The normalized spacial score (nSPS) is 11.4. The van der Waals surface area contributed by atoms with Gasteiger partial charge in [-0.2, -0.15) is 5.10 Å². The number of hydrazone groups is 1. The van der Waals surface area contributed by atoms with E-state index in [9.17, 15) is 4.79 Å². The van der Waals surface area contributed by atoms with Gasteiger partial charge >= 0.3 is 0 Å². The lowest BCUT2D eigenvalue weighted by molar-refractivity contribution is -0.121. The Hall–Kier alpha value is -3.54. The quantitative estimate of drug-likeness (QED) is 0.462. The summed E-state index contributed by atoms with van der Waals surface area (Å²) in [6, 6.07) is 21.6. The molecule has 0 saturated carbocycles. The summed E-state index contributed by atoms with van der Waals surface area (Å²) in [6.07, 6.45) is 1.63. The maximum Gasteiger partial charge on any atom is 0.261 e. The number of hydrogen-bond acceptors (Lipinski definition) is 4. The minimum atomic E-state index is -0.257. The molecular formula is C19H15N5O. The van der Waals surface area contributed by atoms with E-state index in [-0.39, 0.29) is 12.5 Å². The molecule has 4 rings (SSSR count). The van der Waals surface area contributed by atoms with Crippen molar-refractivity contribution in [2.45, 2.75) is 6.54 Å². The lowest BCUT2D eigenvalue weighted by Gasteiger charge is -2.01. The molecule has 122 valence electrons. The van der Waals surface area contributed by atoms with Crippen molar-refractivity contribution in [1.29, 1.82) is 0 Å². The minimum absolute atomic E-state index is 0.0651. The molecule has 0 aliphatic carbocycles. The first-order chi connectivity index (χ1) is 12.3. The Labute approximate surface area is 143 Å². The Morgan fingerprint density at radius 1 is 1.04 bits per heavy atom. The van der Waals surface area contributed by atoms with Gasteiger partial charge in [-0.05, 0) is 34.5 Å². The third-order valence-corrected chi connectivity index (χ3v) is 3.89. The number of para-hydroxylation sites is 1. The lowest BCUT2D eigenvalue weighted by Crippen LogP contribution is -2.23. The monoisotopic (exact) mass is 329 g/mol. The Kier molecular flexibility index (Phi) is 3.92. The molecule has 25 heavy (non-hydrogen) atoms. The summed E-state index contributed by atoms with van der Waals surface area (Å²) < 4.78 is 1.55. The third-order valence-electron chi connectivity index (χ3n) is 3.89. The molecule has 0 aliphatic rings. The molecular weight excluding hydrogens is 314 g/mol. The van der Waals surface area contributed by atoms with Crippen molar-refractivity contribution >= 4 is 33.9 Å². The van der Waals surface area contributed by atoms with Crippen LogP contribution in [0, 0.1) is 0 Å². The number of aromatic nitrogens is 3. The molecule has 1 N–H and O–H groups in total. The number of carbonyl (C=O) groups is 1. The van der Waals surface area contributed by atoms with E-state index < -0.39 is 0 Å². The topological polar surface area (TPSA) is 72.2 Å². The highest BCUT2D eigenvalue weighted by Crippen LogP contribution is 2.14. The zero-order valence-corrected chi connectivity index (χ0v) is 13.3. The van der Waals surface area contributed by atoms with E-state index in [4.69, 9.17) is 0 Å². The van der Waals surface area contributed by atoms with Crippen molar-refractivity contribution in [1.82, 2.24) is 20.4 Å². The van der Waals surface area contributed by atoms with Crippen LogP contribution < -0.4 is 5.43 Å². The largest absolute Gasteiger partial charge is 0.271 e. The predicted molar refractivity (Wildman–Crippen MR) is 97.2 cm³/mol. The van der Waals surface area contributed by atoms with Crippen LogP contribution >= 0.6 is 0 Å². The van der Waals surface area contributed by atoms with E-state index in [1.165, 1.54) is 5.39 Å². The molecule has 6 heteroatoms. The molecule has 0 bridgehead atoms. The van der Waals surface area contributed by atoms with Gasteiger partial charge in [-0.25, -0.2) is 10.1 Å². The SMILES string of the molecule is O=C(Cn1nnc2ccccc21)N/N=C\c1ccc2ccccc2c1. The van der Waals surface area contributed by atoms with Gasteiger partial charge in [-0.3, -0.25) is 4.79 Å². The molecule has 6 nitrogen and oxygen atoms in total. The molecule has 4 aromatic rings. The van der Waals surface area contributed by atoms with Crippen molar-refractivity contribution in [2.24, 2.45) is 5.10 Å². The highest BCUT2D eigenvalue weighted by molar-refractivity contribution is 5.91. The van der Waals surface area contributed by atoms with Gasteiger partial charge in [0.15, 0.2) is 0 Å². The summed E-state index contributed by atoms with van der Waals surface area (Å²) in [7, 11) is 0. The fourth-order valence-electron chi connectivity index (χ4n) is 2.67. The molecule has 3 aromatic carbocycles. The molecule has 1 heterocycles. The maximum absolute atomic E-state index is 12.0. The van der Waals surface area contributed by atoms with Crippen LogP contribution in [0.3, 0.4) is 0 Å². The van der Waals surface area contributed by atoms with Gasteiger partial charge < -0.3 is 0 Å².